The number of carbonyl (C=O) groups excluding carboxylic acids is 1. The second-order valence-electron chi connectivity index (χ2n) is 6.65. The molecule has 5 heteroatoms. The lowest BCUT2D eigenvalue weighted by Crippen LogP contribution is -2.06. The zero-order valence-corrected chi connectivity index (χ0v) is 15.2. The van der Waals surface area contributed by atoms with Gasteiger partial charge in [-0.05, 0) is 42.6 Å². The van der Waals surface area contributed by atoms with Gasteiger partial charge in [-0.2, -0.15) is 0 Å². The molecule has 0 saturated heterocycles. The zero-order chi connectivity index (χ0) is 18.0. The summed E-state index contributed by atoms with van der Waals surface area (Å²) in [5.41, 5.74) is 3.65. The molecule has 0 aliphatic carbocycles. The van der Waals surface area contributed by atoms with Gasteiger partial charge in [-0.1, -0.05) is 26.0 Å². The van der Waals surface area contributed by atoms with Crippen LogP contribution < -0.4 is 4.74 Å². The van der Waals surface area contributed by atoms with E-state index in [2.05, 4.69) is 18.4 Å². The average Bonchev–Trinajstić information content (AvgIpc) is 2.98. The first-order valence-electron chi connectivity index (χ1n) is 8.71. The van der Waals surface area contributed by atoms with E-state index in [9.17, 15) is 4.79 Å². The van der Waals surface area contributed by atoms with E-state index in [1.807, 2.05) is 50.3 Å². The molecule has 0 aliphatic heterocycles. The average molecular weight is 334 g/mol. The van der Waals surface area contributed by atoms with Crippen molar-refractivity contribution in [2.45, 2.75) is 26.7 Å². The molecule has 25 heavy (non-hydrogen) atoms. The summed E-state index contributed by atoms with van der Waals surface area (Å²) >= 11 is 0. The fourth-order valence-electron chi connectivity index (χ4n) is 3.04. The van der Waals surface area contributed by atoms with E-state index in [1.165, 1.54) is 0 Å². The lowest BCUT2D eigenvalue weighted by molar-refractivity contribution is 0.101. The third kappa shape index (κ3) is 3.45. The summed E-state index contributed by atoms with van der Waals surface area (Å²) < 4.78 is 7.59. The number of hydrogen-bond donors (Lipinski definition) is 0. The smallest absolute Gasteiger partial charge is 0.155 e. The van der Waals surface area contributed by atoms with Crippen LogP contribution in [0.15, 0.2) is 42.5 Å². The van der Waals surface area contributed by atoms with Gasteiger partial charge in [0.1, 0.15) is 19.4 Å². The Bertz CT molecular complexity index is 915. The van der Waals surface area contributed by atoms with E-state index in [0.717, 1.165) is 40.3 Å². The van der Waals surface area contributed by atoms with Gasteiger partial charge >= 0.3 is 0 Å². The Morgan fingerprint density at radius 3 is 2.72 bits per heavy atom. The molecular formula is C20H23BN2O2. The largest absolute Gasteiger partial charge is 0.497 e. The number of benzene rings is 2. The van der Waals surface area contributed by atoms with Crippen LogP contribution in [0.25, 0.3) is 22.4 Å². The highest BCUT2D eigenvalue weighted by atomic mass is 16.5. The molecule has 2 aromatic carbocycles. The predicted molar refractivity (Wildman–Crippen MR) is 104 cm³/mol. The molecule has 0 amide bonds. The van der Waals surface area contributed by atoms with E-state index in [4.69, 9.17) is 9.72 Å². The fraction of sp³-hybridized carbons (Fsp3) is 0.300. The van der Waals surface area contributed by atoms with Crippen molar-refractivity contribution in [3.8, 4) is 17.1 Å². The number of rotatable bonds is 6. The van der Waals surface area contributed by atoms with Crippen LogP contribution in [0.5, 0.6) is 5.75 Å². The van der Waals surface area contributed by atoms with Gasteiger partial charge in [0, 0.05) is 17.7 Å². The number of aromatic nitrogens is 2. The van der Waals surface area contributed by atoms with Gasteiger partial charge in [-0.15, -0.1) is 0 Å². The number of ether oxygens (including phenoxy) is 1. The molecule has 0 fully saturated rings. The molecule has 4 nitrogen and oxygen atoms in total. The number of Topliss-reactive ketones (excluding diaryl/α,β-unsaturated/α-hetero) is 1. The van der Waals surface area contributed by atoms with Crippen LogP contribution in [0, 0.1) is 5.92 Å². The van der Waals surface area contributed by atoms with Crippen LogP contribution in [0.2, 0.25) is 6.32 Å². The number of carbonyl (C=O) groups is 1. The van der Waals surface area contributed by atoms with Crippen LogP contribution >= 0.6 is 0 Å². The highest BCUT2D eigenvalue weighted by Crippen LogP contribution is 2.29. The van der Waals surface area contributed by atoms with Crippen LogP contribution in [-0.4, -0.2) is 30.3 Å². The van der Waals surface area contributed by atoms with E-state index < -0.39 is 0 Å². The van der Waals surface area contributed by atoms with Crippen LogP contribution in [0.3, 0.4) is 0 Å². The van der Waals surface area contributed by atoms with Crippen molar-refractivity contribution in [1.29, 1.82) is 0 Å². The fourth-order valence-corrected chi connectivity index (χ4v) is 3.04. The normalized spacial score (nSPS) is 11.2. The number of fused-ring (bicyclic) bond motifs is 1. The summed E-state index contributed by atoms with van der Waals surface area (Å²) in [4.78, 5) is 16.9. The molecule has 1 heterocycles. The summed E-state index contributed by atoms with van der Waals surface area (Å²) in [7, 11) is 3.55. The number of imidazole rings is 1. The number of ketones is 1. The molecule has 0 N–H and O–H groups in total. The van der Waals surface area contributed by atoms with Gasteiger partial charge in [0.15, 0.2) is 5.78 Å². The lowest BCUT2D eigenvalue weighted by atomic mass is 9.96. The Hall–Kier alpha value is -2.56. The molecule has 0 aliphatic rings. The van der Waals surface area contributed by atoms with Crippen molar-refractivity contribution in [1.82, 2.24) is 9.55 Å². The van der Waals surface area contributed by atoms with Gasteiger partial charge in [-0.3, -0.25) is 4.79 Å². The Balaban J connectivity index is 2.19. The third-order valence-corrected chi connectivity index (χ3v) is 4.27. The third-order valence-electron chi connectivity index (χ3n) is 4.27. The topological polar surface area (TPSA) is 44.1 Å². The Kier molecular flexibility index (Phi) is 4.93. The number of nitrogens with zero attached hydrogens (tertiary/aromatic N) is 2. The van der Waals surface area contributed by atoms with Crippen LogP contribution in [0.4, 0.5) is 0 Å². The number of methoxy groups -OCH3 is 1. The molecule has 0 saturated carbocycles. The molecule has 0 spiro atoms. The first-order valence-corrected chi connectivity index (χ1v) is 8.71. The minimum Gasteiger partial charge on any atom is -0.497 e. The first kappa shape index (κ1) is 17.3. The van der Waals surface area contributed by atoms with Gasteiger partial charge in [-0.25, -0.2) is 4.98 Å². The summed E-state index contributed by atoms with van der Waals surface area (Å²) in [6.07, 6.45) is 0.501. The standard InChI is InChI=1S/C20H23BN2O2/c1-13(2)12-23-18-8-7-14(19(24)11-21)10-17(18)22-20(23)15-5-4-6-16(9-15)25-3/h4-10,13H,11-12,21H2,1-3H3. The maximum Gasteiger partial charge on any atom is 0.155 e. The summed E-state index contributed by atoms with van der Waals surface area (Å²) in [5.74, 6) is 2.34. The Labute approximate surface area is 149 Å². The molecule has 128 valence electrons. The molecule has 3 aromatic rings. The van der Waals surface area contributed by atoms with Crippen molar-refractivity contribution in [2.24, 2.45) is 5.92 Å². The Morgan fingerprint density at radius 2 is 2.04 bits per heavy atom. The minimum atomic E-state index is 0.142. The van der Waals surface area contributed by atoms with E-state index in [0.29, 0.717) is 12.2 Å². The van der Waals surface area contributed by atoms with Gasteiger partial charge in [0.25, 0.3) is 0 Å². The predicted octanol–water partition coefficient (Wildman–Crippen LogP) is 3.60. The van der Waals surface area contributed by atoms with Crippen molar-refractivity contribution in [3.63, 3.8) is 0 Å². The monoisotopic (exact) mass is 334 g/mol. The maximum absolute atomic E-state index is 12.0. The van der Waals surface area contributed by atoms with E-state index in [-0.39, 0.29) is 5.78 Å². The van der Waals surface area contributed by atoms with E-state index in [1.54, 1.807) is 7.11 Å². The molecule has 3 rings (SSSR count). The van der Waals surface area contributed by atoms with Crippen LogP contribution in [-0.2, 0) is 6.54 Å². The second-order valence-corrected chi connectivity index (χ2v) is 6.65. The highest BCUT2D eigenvalue weighted by molar-refractivity contribution is 6.24. The summed E-state index contributed by atoms with van der Waals surface area (Å²) in [5, 5.41) is 0. The molecule has 0 bridgehead atoms. The second kappa shape index (κ2) is 7.13. The Morgan fingerprint density at radius 1 is 1.24 bits per heavy atom. The summed E-state index contributed by atoms with van der Waals surface area (Å²) in [6.45, 7) is 5.25. The van der Waals surface area contributed by atoms with Crippen molar-refractivity contribution in [3.05, 3.63) is 48.0 Å². The quantitative estimate of drug-likeness (QED) is 0.511. The number of hydrogen-bond acceptors (Lipinski definition) is 3. The highest BCUT2D eigenvalue weighted by Gasteiger charge is 2.15. The summed E-state index contributed by atoms with van der Waals surface area (Å²) in [6, 6.07) is 13.8. The maximum atomic E-state index is 12.0. The van der Waals surface area contributed by atoms with Gasteiger partial charge < -0.3 is 9.30 Å². The first-order chi connectivity index (χ1) is 12.0. The molecule has 0 radical (unpaired) electrons. The molecule has 0 atom stereocenters. The van der Waals surface area contributed by atoms with E-state index >= 15 is 0 Å². The lowest BCUT2D eigenvalue weighted by Gasteiger charge is -2.12. The van der Waals surface area contributed by atoms with Gasteiger partial charge in [0.2, 0.25) is 0 Å². The molecule has 1 aromatic heterocycles. The minimum absolute atomic E-state index is 0.142. The molecular weight excluding hydrogens is 311 g/mol. The SMILES string of the molecule is BCC(=O)c1ccc2c(c1)nc(-c1cccc(OC)c1)n2CC(C)C. The van der Waals surface area contributed by atoms with Gasteiger partial charge in [0.05, 0.1) is 18.1 Å². The van der Waals surface area contributed by atoms with Crippen molar-refractivity contribution in [2.75, 3.05) is 7.11 Å². The zero-order valence-electron chi connectivity index (χ0n) is 15.2. The van der Waals surface area contributed by atoms with Crippen molar-refractivity contribution >= 4 is 24.7 Å². The van der Waals surface area contributed by atoms with Crippen molar-refractivity contribution < 1.29 is 9.53 Å². The van der Waals surface area contributed by atoms with Crippen LogP contribution in [0.1, 0.15) is 24.2 Å². The molecule has 0 unspecified atom stereocenters.